The third-order valence-electron chi connectivity index (χ3n) is 5.61. The quantitative estimate of drug-likeness (QED) is 0.708. The van der Waals surface area contributed by atoms with E-state index in [1.807, 2.05) is 0 Å². The summed E-state index contributed by atoms with van der Waals surface area (Å²) in [5.41, 5.74) is 1.16. The van der Waals surface area contributed by atoms with Crippen LogP contribution < -0.4 is 10.6 Å². The lowest BCUT2D eigenvalue weighted by Crippen LogP contribution is -2.50. The van der Waals surface area contributed by atoms with E-state index in [2.05, 4.69) is 20.6 Å². The number of halogens is 1. The van der Waals surface area contributed by atoms with E-state index >= 15 is 0 Å². The summed E-state index contributed by atoms with van der Waals surface area (Å²) in [7, 11) is -3.44. The monoisotopic (exact) mass is 393 g/mol. The topological polar surface area (TPSA) is 90.1 Å². The summed E-state index contributed by atoms with van der Waals surface area (Å²) < 4.78 is 40.9. The van der Waals surface area contributed by atoms with Crippen molar-refractivity contribution in [2.75, 3.05) is 32.1 Å². The largest absolute Gasteiger partial charge is 0.347 e. The van der Waals surface area contributed by atoms with Crippen LogP contribution in [0.25, 0.3) is 0 Å². The fourth-order valence-electron chi connectivity index (χ4n) is 4.06. The van der Waals surface area contributed by atoms with Crippen LogP contribution in [0.3, 0.4) is 0 Å². The van der Waals surface area contributed by atoms with Crippen LogP contribution in [0.5, 0.6) is 0 Å². The highest BCUT2D eigenvalue weighted by molar-refractivity contribution is 7.89. The molecule has 146 valence electrons. The summed E-state index contributed by atoms with van der Waals surface area (Å²) >= 11 is 0. The van der Waals surface area contributed by atoms with Gasteiger partial charge < -0.3 is 10.3 Å². The molecule has 0 amide bonds. The molecular formula is C18H24FN5O2S. The van der Waals surface area contributed by atoms with E-state index in [4.69, 9.17) is 0 Å². The Bertz CT molecular complexity index is 856. The Balaban J connectivity index is 1.45. The highest BCUT2D eigenvalue weighted by Crippen LogP contribution is 2.31. The molecule has 27 heavy (non-hydrogen) atoms. The molecule has 0 radical (unpaired) electrons. The number of benzene rings is 1. The number of rotatable bonds is 5. The van der Waals surface area contributed by atoms with Crippen LogP contribution in [0, 0.1) is 5.82 Å². The van der Waals surface area contributed by atoms with Gasteiger partial charge in [0.05, 0.1) is 23.3 Å². The molecule has 7 nitrogen and oxygen atoms in total. The predicted octanol–water partition coefficient (Wildman–Crippen LogP) is 1.10. The summed E-state index contributed by atoms with van der Waals surface area (Å²) in [6.45, 7) is 2.05. The third-order valence-corrected chi connectivity index (χ3v) is 7.62. The van der Waals surface area contributed by atoms with Gasteiger partial charge >= 0.3 is 0 Å². The summed E-state index contributed by atoms with van der Waals surface area (Å²) in [6, 6.07) is 6.52. The van der Waals surface area contributed by atoms with Crippen molar-refractivity contribution < 1.29 is 12.8 Å². The molecule has 0 saturated carbocycles. The molecule has 0 bridgehead atoms. The second kappa shape index (κ2) is 7.31. The van der Waals surface area contributed by atoms with Crippen molar-refractivity contribution in [3.63, 3.8) is 0 Å². The Morgan fingerprint density at radius 3 is 2.56 bits per heavy atom. The van der Waals surface area contributed by atoms with Crippen LogP contribution in [0.2, 0.25) is 0 Å². The number of nitrogens with one attached hydrogen (secondary N) is 3. The van der Waals surface area contributed by atoms with Gasteiger partial charge in [0.2, 0.25) is 10.0 Å². The summed E-state index contributed by atoms with van der Waals surface area (Å²) in [5, 5.41) is 6.47. The van der Waals surface area contributed by atoms with Crippen molar-refractivity contribution in [3.8, 4) is 0 Å². The van der Waals surface area contributed by atoms with Crippen LogP contribution in [0.1, 0.15) is 30.0 Å². The van der Waals surface area contributed by atoms with E-state index in [9.17, 15) is 12.8 Å². The number of aromatic amines is 1. The average molecular weight is 393 g/mol. The number of H-pyrrole nitrogens is 1. The molecule has 4 rings (SSSR count). The first kappa shape index (κ1) is 18.5. The van der Waals surface area contributed by atoms with Crippen molar-refractivity contribution in [3.05, 3.63) is 53.9 Å². The molecule has 1 atom stereocenters. The summed E-state index contributed by atoms with van der Waals surface area (Å²) in [5.74, 6) is 0.00147. The van der Waals surface area contributed by atoms with Crippen LogP contribution in [0.4, 0.5) is 4.39 Å². The van der Waals surface area contributed by atoms with E-state index in [1.54, 1.807) is 29.0 Å². The number of piperidine rings is 1. The van der Waals surface area contributed by atoms with Gasteiger partial charge in [-0.15, -0.1) is 0 Å². The lowest BCUT2D eigenvalue weighted by Gasteiger charge is -2.35. The first-order valence-electron chi connectivity index (χ1n) is 9.16. The summed E-state index contributed by atoms with van der Waals surface area (Å²) in [6.07, 6.45) is 4.73. The van der Waals surface area contributed by atoms with Crippen LogP contribution in [-0.2, 0) is 15.6 Å². The Labute approximate surface area is 158 Å². The fraction of sp³-hybridized carbons (Fsp3) is 0.500. The maximum atomic E-state index is 13.1. The van der Waals surface area contributed by atoms with E-state index in [0.29, 0.717) is 26.3 Å². The van der Waals surface area contributed by atoms with Gasteiger partial charge in [-0.05, 0) is 36.5 Å². The zero-order valence-corrected chi connectivity index (χ0v) is 15.8. The van der Waals surface area contributed by atoms with E-state index in [-0.39, 0.29) is 17.5 Å². The van der Waals surface area contributed by atoms with Gasteiger partial charge in [-0.2, -0.15) is 0 Å². The van der Waals surface area contributed by atoms with Gasteiger partial charge in [-0.3, -0.25) is 5.32 Å². The molecule has 1 aromatic carbocycles. The van der Waals surface area contributed by atoms with E-state index < -0.39 is 15.6 Å². The maximum Gasteiger partial charge on any atom is 0.216 e. The Morgan fingerprint density at radius 2 is 1.96 bits per heavy atom. The van der Waals surface area contributed by atoms with Gasteiger partial charge in [0.15, 0.2) is 0 Å². The molecule has 1 aromatic heterocycles. The van der Waals surface area contributed by atoms with Crippen molar-refractivity contribution in [2.24, 2.45) is 0 Å². The second-order valence-corrected chi connectivity index (χ2v) is 9.28. The van der Waals surface area contributed by atoms with Crippen LogP contribution in [-0.4, -0.2) is 54.7 Å². The molecule has 3 heterocycles. The van der Waals surface area contributed by atoms with Gasteiger partial charge in [0.1, 0.15) is 5.82 Å². The molecule has 1 unspecified atom stereocenters. The molecule has 2 aromatic rings. The molecule has 3 N–H and O–H groups in total. The fourth-order valence-corrected chi connectivity index (χ4v) is 5.99. The zero-order chi connectivity index (χ0) is 18.9. The van der Waals surface area contributed by atoms with Crippen molar-refractivity contribution in [2.45, 2.75) is 24.3 Å². The predicted molar refractivity (Wildman–Crippen MR) is 100 cm³/mol. The molecule has 2 aliphatic rings. The van der Waals surface area contributed by atoms with Crippen molar-refractivity contribution >= 4 is 10.0 Å². The highest BCUT2D eigenvalue weighted by atomic mass is 32.2. The first-order chi connectivity index (χ1) is 13.0. The molecule has 0 spiro atoms. The summed E-state index contributed by atoms with van der Waals surface area (Å²) in [4.78, 5) is 7.10. The van der Waals surface area contributed by atoms with E-state index in [0.717, 1.165) is 24.1 Å². The highest BCUT2D eigenvalue weighted by Gasteiger charge is 2.43. The number of imidazole rings is 1. The normalized spacial score (nSPS) is 25.1. The van der Waals surface area contributed by atoms with Gasteiger partial charge in [-0.25, -0.2) is 22.1 Å². The molecule has 9 heteroatoms. The number of hydrogen-bond donors (Lipinski definition) is 3. The molecule has 0 aliphatic carbocycles. The van der Waals surface area contributed by atoms with E-state index in [1.165, 1.54) is 12.1 Å². The minimum atomic E-state index is -3.44. The maximum absolute atomic E-state index is 13.1. The van der Waals surface area contributed by atoms with Gasteiger partial charge in [0.25, 0.3) is 0 Å². The lowest BCUT2D eigenvalue weighted by molar-refractivity contribution is 0.313. The molecule has 2 aliphatic heterocycles. The standard InChI is InChI=1S/C18H24FN5O2S/c19-16-3-1-14(2-4-16)15-5-7-24(8-6-15)27(25,26)11-18(10-21-13-23-18)17-9-20-12-22-17/h1-4,9,12,15,21,23H,5-8,10-11,13H2,(H,20,22). The smallest absolute Gasteiger partial charge is 0.216 e. The lowest BCUT2D eigenvalue weighted by atomic mass is 9.90. The number of nitrogens with zero attached hydrogens (tertiary/aromatic N) is 2. The minimum Gasteiger partial charge on any atom is -0.347 e. The SMILES string of the molecule is O=S(=O)(CC1(c2cnc[nH]2)CNCN1)N1CCC(c2ccc(F)cc2)CC1. The molecular weight excluding hydrogens is 369 g/mol. The Hall–Kier alpha value is -1.81. The van der Waals surface area contributed by atoms with Gasteiger partial charge in [-0.1, -0.05) is 12.1 Å². The molecule has 2 fully saturated rings. The Morgan fingerprint density at radius 1 is 1.22 bits per heavy atom. The van der Waals surface area contributed by atoms with Crippen molar-refractivity contribution in [1.29, 1.82) is 0 Å². The molecule has 2 saturated heterocycles. The minimum absolute atomic E-state index is 0.0175. The van der Waals surface area contributed by atoms with Crippen molar-refractivity contribution in [1.82, 2.24) is 24.9 Å². The number of sulfonamides is 1. The third kappa shape index (κ3) is 3.77. The van der Waals surface area contributed by atoms with Crippen LogP contribution >= 0.6 is 0 Å². The zero-order valence-electron chi connectivity index (χ0n) is 15.0. The number of aromatic nitrogens is 2. The first-order valence-corrected chi connectivity index (χ1v) is 10.8. The van der Waals surface area contributed by atoms with Crippen LogP contribution in [0.15, 0.2) is 36.8 Å². The Kier molecular flexibility index (Phi) is 5.02. The number of hydrogen-bond acceptors (Lipinski definition) is 5. The average Bonchev–Trinajstić information content (AvgIpc) is 3.35. The second-order valence-electron chi connectivity index (χ2n) is 7.31. The van der Waals surface area contributed by atoms with Gasteiger partial charge in [0, 0.05) is 32.5 Å².